The van der Waals surface area contributed by atoms with Crippen LogP contribution in [0.1, 0.15) is 16.1 Å². The van der Waals surface area contributed by atoms with Crippen LogP contribution in [0, 0.1) is 0 Å². The van der Waals surface area contributed by atoms with Crippen molar-refractivity contribution >= 4 is 22.9 Å². The Kier molecular flexibility index (Phi) is 2.55. The van der Waals surface area contributed by atoms with Gasteiger partial charge in [0.25, 0.3) is 5.91 Å². The summed E-state index contributed by atoms with van der Waals surface area (Å²) in [6.45, 7) is 1.18. The third-order valence-corrected chi connectivity index (χ3v) is 4.83. The second-order valence-electron chi connectivity index (χ2n) is 5.05. The Balaban J connectivity index is 1.74. The van der Waals surface area contributed by atoms with Crippen LogP contribution in [-0.2, 0) is 4.74 Å². The molecule has 2 N–H and O–H groups in total. The Morgan fingerprint density at radius 3 is 2.90 bits per heavy atom. The van der Waals surface area contributed by atoms with Crippen molar-refractivity contribution in [2.24, 2.45) is 0 Å². The number of aromatic nitrogens is 1. The Hall–Kier alpha value is -1.92. The van der Waals surface area contributed by atoms with Gasteiger partial charge in [-0.1, -0.05) is 0 Å². The first kappa shape index (κ1) is 11.9. The van der Waals surface area contributed by atoms with Gasteiger partial charge in [-0.2, -0.15) is 0 Å². The zero-order valence-electron chi connectivity index (χ0n) is 10.7. The molecule has 0 bridgehead atoms. The van der Waals surface area contributed by atoms with E-state index in [4.69, 9.17) is 4.74 Å². The summed E-state index contributed by atoms with van der Waals surface area (Å²) in [4.78, 5) is 18.1. The van der Waals surface area contributed by atoms with Crippen molar-refractivity contribution in [3.8, 4) is 10.4 Å². The van der Waals surface area contributed by atoms with Crippen molar-refractivity contribution in [2.45, 2.75) is 12.1 Å². The molecule has 1 unspecified atom stereocenters. The lowest BCUT2D eigenvalue weighted by Gasteiger charge is -2.34. The highest BCUT2D eigenvalue weighted by Crippen LogP contribution is 2.39. The van der Waals surface area contributed by atoms with E-state index in [1.165, 1.54) is 11.3 Å². The molecule has 1 amide bonds. The van der Waals surface area contributed by atoms with Crippen LogP contribution < -0.4 is 10.6 Å². The molecule has 1 atom stereocenters. The van der Waals surface area contributed by atoms with Crippen LogP contribution in [0.4, 0.5) is 5.69 Å². The quantitative estimate of drug-likeness (QED) is 0.843. The maximum absolute atomic E-state index is 12.3. The summed E-state index contributed by atoms with van der Waals surface area (Å²) in [6.07, 6.45) is 4.31. The number of nitrogens with one attached hydrogen (secondary N) is 2. The summed E-state index contributed by atoms with van der Waals surface area (Å²) >= 11 is 1.50. The zero-order valence-corrected chi connectivity index (χ0v) is 11.5. The highest BCUT2D eigenvalue weighted by Gasteiger charge is 2.41. The standard InChI is InChI=1S/C14H13N3O2S/c18-13-12-10(16-14(17-13)3-6-19-8-14)7-11(20-12)9-1-4-15-5-2-9/h1-2,4-5,7,16H,3,6,8H2,(H,17,18). The first-order valence-corrected chi connectivity index (χ1v) is 7.30. The minimum atomic E-state index is -0.430. The van der Waals surface area contributed by atoms with Crippen molar-refractivity contribution < 1.29 is 9.53 Å². The average Bonchev–Trinajstić information content (AvgIpc) is 3.08. The van der Waals surface area contributed by atoms with Crippen LogP contribution >= 0.6 is 11.3 Å². The van der Waals surface area contributed by atoms with Gasteiger partial charge in [0.15, 0.2) is 0 Å². The van der Waals surface area contributed by atoms with E-state index in [-0.39, 0.29) is 5.91 Å². The molecule has 0 radical (unpaired) electrons. The zero-order chi connectivity index (χ0) is 13.6. The van der Waals surface area contributed by atoms with E-state index in [1.54, 1.807) is 12.4 Å². The molecule has 20 heavy (non-hydrogen) atoms. The molecule has 0 aliphatic carbocycles. The topological polar surface area (TPSA) is 63.2 Å². The van der Waals surface area contributed by atoms with Crippen LogP contribution in [0.25, 0.3) is 10.4 Å². The fraction of sp³-hybridized carbons (Fsp3) is 0.286. The van der Waals surface area contributed by atoms with Crippen molar-refractivity contribution in [3.05, 3.63) is 35.5 Å². The lowest BCUT2D eigenvalue weighted by atomic mass is 10.1. The van der Waals surface area contributed by atoms with Crippen molar-refractivity contribution in [1.82, 2.24) is 10.3 Å². The number of pyridine rings is 1. The fourth-order valence-electron chi connectivity index (χ4n) is 2.64. The number of thiophene rings is 1. The Labute approximate surface area is 120 Å². The van der Waals surface area contributed by atoms with Crippen LogP contribution in [0.3, 0.4) is 0 Å². The number of carbonyl (C=O) groups is 1. The van der Waals surface area contributed by atoms with Gasteiger partial charge in [-0.25, -0.2) is 0 Å². The second-order valence-corrected chi connectivity index (χ2v) is 6.11. The van der Waals surface area contributed by atoms with Gasteiger partial charge >= 0.3 is 0 Å². The molecule has 6 heteroatoms. The molecule has 2 aromatic rings. The van der Waals surface area contributed by atoms with E-state index >= 15 is 0 Å². The van der Waals surface area contributed by atoms with Crippen molar-refractivity contribution in [2.75, 3.05) is 18.5 Å². The minimum absolute atomic E-state index is 0.0189. The molecule has 2 aliphatic heterocycles. The summed E-state index contributed by atoms with van der Waals surface area (Å²) in [6, 6.07) is 5.93. The Morgan fingerprint density at radius 1 is 1.30 bits per heavy atom. The van der Waals surface area contributed by atoms with Gasteiger partial charge in [-0.05, 0) is 23.8 Å². The van der Waals surface area contributed by atoms with Crippen LogP contribution in [0.2, 0.25) is 0 Å². The van der Waals surface area contributed by atoms with Crippen molar-refractivity contribution in [1.29, 1.82) is 0 Å². The number of fused-ring (bicyclic) bond motifs is 1. The monoisotopic (exact) mass is 287 g/mol. The molecule has 2 aromatic heterocycles. The van der Waals surface area contributed by atoms with Gasteiger partial charge in [0.2, 0.25) is 0 Å². The van der Waals surface area contributed by atoms with Crippen molar-refractivity contribution in [3.63, 3.8) is 0 Å². The number of hydrogen-bond donors (Lipinski definition) is 2. The van der Waals surface area contributed by atoms with Gasteiger partial charge in [-0.3, -0.25) is 9.78 Å². The summed E-state index contributed by atoms with van der Waals surface area (Å²) in [5.74, 6) is -0.0189. The third-order valence-electron chi connectivity index (χ3n) is 3.65. The van der Waals surface area contributed by atoms with Gasteiger partial charge in [0.1, 0.15) is 10.5 Å². The largest absolute Gasteiger partial charge is 0.377 e. The number of ether oxygens (including phenoxy) is 1. The number of nitrogens with zero attached hydrogens (tertiary/aromatic N) is 1. The van der Waals surface area contributed by atoms with Crippen LogP contribution in [-0.4, -0.2) is 29.8 Å². The van der Waals surface area contributed by atoms with Gasteiger partial charge in [0.05, 0.1) is 18.9 Å². The molecule has 1 saturated heterocycles. The molecule has 5 nitrogen and oxygen atoms in total. The summed E-state index contributed by atoms with van der Waals surface area (Å²) in [7, 11) is 0. The number of anilines is 1. The molecule has 1 spiro atoms. The Morgan fingerprint density at radius 2 is 2.15 bits per heavy atom. The van der Waals surface area contributed by atoms with E-state index in [2.05, 4.69) is 15.6 Å². The molecular weight excluding hydrogens is 274 g/mol. The number of rotatable bonds is 1. The first-order chi connectivity index (χ1) is 9.76. The molecule has 1 fully saturated rings. The average molecular weight is 287 g/mol. The third kappa shape index (κ3) is 1.80. The molecular formula is C14H13N3O2S. The molecule has 4 rings (SSSR count). The molecule has 102 valence electrons. The lowest BCUT2D eigenvalue weighted by molar-refractivity contribution is 0.0888. The number of carbonyl (C=O) groups excluding carboxylic acids is 1. The first-order valence-electron chi connectivity index (χ1n) is 6.48. The number of hydrogen-bond acceptors (Lipinski definition) is 5. The van der Waals surface area contributed by atoms with E-state index in [0.717, 1.165) is 27.4 Å². The minimum Gasteiger partial charge on any atom is -0.377 e. The number of amides is 1. The normalized spacial score (nSPS) is 24.3. The molecule has 0 aromatic carbocycles. The molecule has 0 saturated carbocycles. The smallest absolute Gasteiger partial charge is 0.265 e. The maximum atomic E-state index is 12.3. The van der Waals surface area contributed by atoms with Crippen LogP contribution in [0.5, 0.6) is 0 Å². The second kappa shape index (κ2) is 4.29. The SMILES string of the molecule is O=C1NC2(CCOC2)Nc2cc(-c3ccncc3)sc21. The van der Waals surface area contributed by atoms with Gasteiger partial charge < -0.3 is 15.4 Å². The van der Waals surface area contributed by atoms with Gasteiger partial charge in [0, 0.05) is 23.7 Å². The van der Waals surface area contributed by atoms with E-state index in [0.29, 0.717) is 13.2 Å². The van der Waals surface area contributed by atoms with E-state index in [1.807, 2.05) is 18.2 Å². The van der Waals surface area contributed by atoms with E-state index < -0.39 is 5.66 Å². The van der Waals surface area contributed by atoms with E-state index in [9.17, 15) is 4.79 Å². The molecule has 4 heterocycles. The van der Waals surface area contributed by atoms with Crippen LogP contribution in [0.15, 0.2) is 30.6 Å². The maximum Gasteiger partial charge on any atom is 0.265 e. The summed E-state index contributed by atoms with van der Waals surface area (Å²) in [5.41, 5.74) is 1.54. The predicted octanol–water partition coefficient (Wildman–Crippen LogP) is 2.08. The predicted molar refractivity (Wildman–Crippen MR) is 76.8 cm³/mol. The highest BCUT2D eigenvalue weighted by molar-refractivity contribution is 7.18. The lowest BCUT2D eigenvalue weighted by Crippen LogP contribution is -2.57. The molecule has 2 aliphatic rings. The Bertz CT molecular complexity index is 662. The van der Waals surface area contributed by atoms with Gasteiger partial charge in [-0.15, -0.1) is 11.3 Å². The summed E-state index contributed by atoms with van der Waals surface area (Å²) in [5, 5.41) is 6.47. The highest BCUT2D eigenvalue weighted by atomic mass is 32.1. The fourth-order valence-corrected chi connectivity index (χ4v) is 3.65. The summed E-state index contributed by atoms with van der Waals surface area (Å²) < 4.78 is 5.41.